The molecule has 8 heterocycles. The van der Waals surface area contributed by atoms with Crippen molar-refractivity contribution in [3.05, 3.63) is 243 Å². The molecule has 0 radical (unpaired) electrons. The summed E-state index contributed by atoms with van der Waals surface area (Å²) in [6, 6.07) is 33.2. The zero-order valence-corrected chi connectivity index (χ0v) is 53.8. The van der Waals surface area contributed by atoms with Crippen molar-refractivity contribution in [2.24, 2.45) is 5.73 Å². The molecule has 22 nitrogen and oxygen atoms in total. The number of nitrogen functional groups attached to an aromatic ring is 3. The van der Waals surface area contributed by atoms with Crippen molar-refractivity contribution in [1.29, 1.82) is 0 Å². The molecule has 0 unspecified atom stereocenters. The molecule has 11 rings (SSSR count). The molecule has 29 heteroatoms. The number of Topliss-reactive ketones (excluding diaryl/α,β-unsaturated/α-hetero) is 1. The Morgan fingerprint density at radius 3 is 1.22 bits per heavy atom. The van der Waals surface area contributed by atoms with Crippen molar-refractivity contribution in [2.75, 3.05) is 24.3 Å². The average molecular weight is 1340 g/mol. The number of aromatic carboxylic acids is 1. The molecule has 496 valence electrons. The molecular formula is C68H62BClF5N15O7. The number of nitrogens with zero attached hydrogens (tertiary/aromatic N) is 11. The van der Waals surface area contributed by atoms with Gasteiger partial charge in [0.25, 0.3) is 0 Å². The number of aromatic nitrogens is 11. The molecule has 0 bridgehead atoms. The molecule has 11 N–H and O–H groups in total. The third kappa shape index (κ3) is 20.0. The summed E-state index contributed by atoms with van der Waals surface area (Å²) in [4.78, 5) is 81.5. The summed E-state index contributed by atoms with van der Waals surface area (Å²) in [6.45, 7) is 11.2. The quantitative estimate of drug-likeness (QED) is 0.0244. The Hall–Kier alpha value is -11.5. The van der Waals surface area contributed by atoms with Crippen LogP contribution in [0.4, 0.5) is 39.4 Å². The Morgan fingerprint density at radius 2 is 0.835 bits per heavy atom. The number of carboxylic acids is 1. The van der Waals surface area contributed by atoms with E-state index >= 15 is 0 Å². The van der Waals surface area contributed by atoms with E-state index in [1.165, 1.54) is 92.3 Å². The van der Waals surface area contributed by atoms with Crippen LogP contribution in [0, 0.1) is 70.6 Å². The zero-order chi connectivity index (χ0) is 70.8. The highest BCUT2D eigenvalue weighted by atomic mass is 35.5. The predicted molar refractivity (Wildman–Crippen MR) is 357 cm³/mol. The first-order valence-electron chi connectivity index (χ1n) is 29.0. The number of ether oxygens (including phenoxy) is 1. The molecule has 0 aliphatic rings. The highest BCUT2D eigenvalue weighted by Crippen LogP contribution is 2.34. The minimum absolute atomic E-state index is 0.000630. The van der Waals surface area contributed by atoms with Gasteiger partial charge in [-0.15, -0.1) is 0 Å². The first kappa shape index (κ1) is 73.0. The zero-order valence-electron chi connectivity index (χ0n) is 53.0. The average Bonchev–Trinajstić information content (AvgIpc) is 0.804. The van der Waals surface area contributed by atoms with Gasteiger partial charge < -0.3 is 42.8 Å². The molecule has 0 aliphatic heterocycles. The van der Waals surface area contributed by atoms with Crippen LogP contribution in [-0.2, 0) is 17.7 Å². The van der Waals surface area contributed by atoms with Crippen LogP contribution in [0.1, 0.15) is 83.4 Å². The molecule has 0 saturated heterocycles. The van der Waals surface area contributed by atoms with Gasteiger partial charge in [-0.05, 0) is 187 Å². The van der Waals surface area contributed by atoms with Crippen molar-refractivity contribution in [3.63, 3.8) is 0 Å². The van der Waals surface area contributed by atoms with E-state index in [9.17, 15) is 41.4 Å². The number of pyridine rings is 5. The van der Waals surface area contributed by atoms with Crippen molar-refractivity contribution in [3.8, 4) is 56.3 Å². The molecule has 0 amide bonds. The van der Waals surface area contributed by atoms with E-state index in [1.54, 1.807) is 48.5 Å². The molecule has 3 aromatic carbocycles. The Balaban J connectivity index is 0.000000183. The normalized spacial score (nSPS) is 10.5. The van der Waals surface area contributed by atoms with E-state index in [1.807, 2.05) is 53.7 Å². The second kappa shape index (κ2) is 33.6. The maximum absolute atomic E-state index is 13.9. The maximum atomic E-state index is 13.9. The first-order valence-corrected chi connectivity index (χ1v) is 29.4. The fourth-order valence-corrected chi connectivity index (χ4v) is 9.46. The van der Waals surface area contributed by atoms with Gasteiger partial charge in [0.1, 0.15) is 40.5 Å². The first-order chi connectivity index (χ1) is 46.1. The largest absolute Gasteiger partial charge is 0.488 e. The van der Waals surface area contributed by atoms with Crippen LogP contribution < -0.4 is 28.4 Å². The number of carbonyl (C=O) groups excluding carboxylic acids is 2. The summed E-state index contributed by atoms with van der Waals surface area (Å²) >= 11 is 5.95. The van der Waals surface area contributed by atoms with Gasteiger partial charge in [-0.2, -0.15) is 0 Å². The Labute approximate surface area is 558 Å². The summed E-state index contributed by atoms with van der Waals surface area (Å²) < 4.78 is 70.4. The number of hydrogen-bond acceptors (Lipinski definition) is 21. The third-order valence-corrected chi connectivity index (χ3v) is 13.8. The number of carboxylic acid groups (broad SMARTS) is 1. The monoisotopic (exact) mass is 1340 g/mol. The molecule has 0 atom stereocenters. The van der Waals surface area contributed by atoms with Crippen molar-refractivity contribution in [1.82, 2.24) is 54.8 Å². The summed E-state index contributed by atoms with van der Waals surface area (Å²) in [5, 5.41) is 26.9. The number of esters is 1. The molecule has 0 aliphatic carbocycles. The van der Waals surface area contributed by atoms with Gasteiger partial charge in [0, 0.05) is 87.3 Å². The number of carbonyl (C=O) groups is 3. The van der Waals surface area contributed by atoms with Crippen LogP contribution in [0.15, 0.2) is 146 Å². The van der Waals surface area contributed by atoms with Crippen LogP contribution in [0.5, 0.6) is 0 Å². The van der Waals surface area contributed by atoms with Crippen molar-refractivity contribution >= 4 is 59.4 Å². The molecule has 0 fully saturated rings. The lowest BCUT2D eigenvalue weighted by Crippen LogP contribution is -2.30. The lowest BCUT2D eigenvalue weighted by Gasteiger charge is -2.13. The van der Waals surface area contributed by atoms with Gasteiger partial charge >= 0.3 is 19.1 Å². The minimum Gasteiger partial charge on any atom is -0.476 e. The molecular weight excluding hydrogens is 1280 g/mol. The number of halogens is 6. The smallest absolute Gasteiger partial charge is 0.476 e. The number of nitrogens with two attached hydrogens (primary N) is 4. The van der Waals surface area contributed by atoms with E-state index in [2.05, 4.69) is 59.6 Å². The minimum atomic E-state index is -1.39. The third-order valence-electron chi connectivity index (χ3n) is 13.5. The highest BCUT2D eigenvalue weighted by molar-refractivity contribution is 6.58. The molecule has 0 saturated carbocycles. The van der Waals surface area contributed by atoms with Gasteiger partial charge in [-0.1, -0.05) is 11.6 Å². The van der Waals surface area contributed by atoms with Gasteiger partial charge in [-0.3, -0.25) is 29.7 Å². The van der Waals surface area contributed by atoms with E-state index in [-0.39, 0.29) is 99.5 Å². The predicted octanol–water partition coefficient (Wildman–Crippen LogP) is 10.5. The van der Waals surface area contributed by atoms with Crippen LogP contribution in [-0.4, -0.2) is 102 Å². The second-order valence-corrected chi connectivity index (χ2v) is 21.4. The lowest BCUT2D eigenvalue weighted by atomic mass is 9.80. The molecule has 11 aromatic rings. The van der Waals surface area contributed by atoms with Crippen LogP contribution in [0.3, 0.4) is 0 Å². The number of hydrogen-bond donors (Lipinski definition) is 7. The maximum Gasteiger partial charge on any atom is 0.488 e. The van der Waals surface area contributed by atoms with E-state index in [4.69, 9.17) is 44.6 Å². The Kier molecular flexibility index (Phi) is 25.3. The van der Waals surface area contributed by atoms with Gasteiger partial charge in [0.05, 0.1) is 41.3 Å². The lowest BCUT2D eigenvalue weighted by molar-refractivity contribution is 0.0593. The van der Waals surface area contributed by atoms with E-state index in [0.29, 0.717) is 61.7 Å². The standard InChI is InChI=1S/C25H21F2N5O.C18H15FN4O2.C12H9ClFN3O2.C7H10BNO2.C6H7FN2/c1-14-12-17(13-15(2)30-14)23-22(16-5-7-18(26)8-6-16)32-25(28)24(31-23)21(33)10-9-20-19(27)4-3-11-29-20;1-9-7-12(8-10(2)21-9)15-14(11-3-5-13(19)6-4-11)23-17(20)16(22-15)18(24)25;1-19-12(18)9-11(15)17-8(10(13)16-9)6-2-4-7(14)5-3-6;1-5-3-7(8(10)11)4-6(2)9-5;7-5-2-1-3-9-6(5)4-8/h3-8,11-13H,9-10H2,1-2H3,(H2,28,32);3-8H,1-2H3,(H2,20,23)(H,24,25);2-5H,1H3,(H2,15,17);3-4,10-11H,1-2H3;1-3H,4,8H2. The Bertz CT molecular complexity index is 4590. The van der Waals surface area contributed by atoms with Crippen LogP contribution >= 0.6 is 11.6 Å². The summed E-state index contributed by atoms with van der Waals surface area (Å²) in [5.41, 5.74) is 32.8. The highest BCUT2D eigenvalue weighted by Gasteiger charge is 2.24. The number of methoxy groups -OCH3 is 1. The SMILES string of the molecule is COC(=O)c1nc(Cl)c(-c2ccc(F)cc2)nc1N.Cc1cc(-c2nc(C(=O)CCc3ncccc3F)c(N)nc2-c2ccc(F)cc2)cc(C)n1.Cc1cc(-c2nc(C(=O)O)c(N)nc2-c2ccc(F)cc2)cc(C)n1.Cc1cc(B(O)O)cc(C)n1.NCc1ncccc1F. The number of rotatable bonds is 13. The number of anilines is 3. The van der Waals surface area contributed by atoms with Gasteiger partial charge in [0.2, 0.25) is 0 Å². The summed E-state index contributed by atoms with van der Waals surface area (Å²) in [6.07, 6.45) is 3.07. The number of aryl methyl sites for hydroxylation is 7. The van der Waals surface area contributed by atoms with Gasteiger partial charge in [-0.25, -0.2) is 61.4 Å². The topological polar surface area (TPSA) is 367 Å². The van der Waals surface area contributed by atoms with Gasteiger partial charge in [0.15, 0.2) is 39.8 Å². The van der Waals surface area contributed by atoms with Crippen LogP contribution in [0.2, 0.25) is 5.15 Å². The fraction of sp³-hybridized carbons (Fsp3) is 0.147. The van der Waals surface area contributed by atoms with Crippen molar-refractivity contribution < 1.29 is 56.2 Å². The van der Waals surface area contributed by atoms with E-state index < -0.39 is 24.9 Å². The molecule has 97 heavy (non-hydrogen) atoms. The van der Waals surface area contributed by atoms with Crippen molar-refractivity contribution in [2.45, 2.75) is 60.9 Å². The summed E-state index contributed by atoms with van der Waals surface area (Å²) in [5.74, 6) is -4.67. The molecule has 8 aromatic heterocycles. The second-order valence-electron chi connectivity index (χ2n) is 21.0. The summed E-state index contributed by atoms with van der Waals surface area (Å²) in [7, 11) is -0.194. The fourth-order valence-electron chi connectivity index (χ4n) is 9.23. The van der Waals surface area contributed by atoms with E-state index in [0.717, 1.165) is 34.2 Å². The molecule has 0 spiro atoms. The number of benzene rings is 3. The van der Waals surface area contributed by atoms with Crippen LogP contribution in [0.25, 0.3) is 56.3 Å². The number of ketones is 1. The Morgan fingerprint density at radius 1 is 0.474 bits per heavy atom.